The van der Waals surface area contributed by atoms with Crippen molar-refractivity contribution in [3.05, 3.63) is 41.6 Å². The van der Waals surface area contributed by atoms with E-state index in [2.05, 4.69) is 36.6 Å². The lowest BCUT2D eigenvalue weighted by Crippen LogP contribution is -2.24. The summed E-state index contributed by atoms with van der Waals surface area (Å²) in [6.07, 6.45) is 10.5. The van der Waals surface area contributed by atoms with Crippen molar-refractivity contribution in [1.82, 2.24) is 5.32 Å². The standard InChI is InChI=1S/C19H28N2O/c1-3-4-7-16-10-12-18(13-11-16)21-19(22)20-14-15(2)17-8-5-6-9-17/h10-14,17H,3-9H2,1-2H3,(H2,20,21,22)/b15-14+. The molecule has 0 bridgehead atoms. The highest BCUT2D eigenvalue weighted by Gasteiger charge is 2.16. The third kappa shape index (κ3) is 5.21. The topological polar surface area (TPSA) is 41.1 Å². The van der Waals surface area contributed by atoms with Gasteiger partial charge in [0.1, 0.15) is 0 Å². The Morgan fingerprint density at radius 2 is 1.91 bits per heavy atom. The van der Waals surface area contributed by atoms with Gasteiger partial charge < -0.3 is 10.6 Å². The molecule has 1 fully saturated rings. The summed E-state index contributed by atoms with van der Waals surface area (Å²) < 4.78 is 0. The lowest BCUT2D eigenvalue weighted by Gasteiger charge is -2.10. The van der Waals surface area contributed by atoms with Gasteiger partial charge in [0.25, 0.3) is 0 Å². The zero-order valence-electron chi connectivity index (χ0n) is 13.8. The van der Waals surface area contributed by atoms with Crippen LogP contribution in [-0.2, 0) is 6.42 Å². The number of carbonyl (C=O) groups is 1. The van der Waals surface area contributed by atoms with Crippen LogP contribution in [0.25, 0.3) is 0 Å². The van der Waals surface area contributed by atoms with Crippen LogP contribution in [0.2, 0.25) is 0 Å². The SMILES string of the molecule is CCCCc1ccc(NC(=O)N/C=C(\C)C2CCCC2)cc1. The maximum absolute atomic E-state index is 11.9. The molecule has 2 N–H and O–H groups in total. The van der Waals surface area contributed by atoms with Crippen LogP contribution in [0.5, 0.6) is 0 Å². The molecule has 3 heteroatoms. The summed E-state index contributed by atoms with van der Waals surface area (Å²) in [7, 11) is 0. The Labute approximate surface area is 134 Å². The number of amides is 2. The molecule has 1 aromatic carbocycles. The van der Waals surface area contributed by atoms with Crippen LogP contribution in [-0.4, -0.2) is 6.03 Å². The highest BCUT2D eigenvalue weighted by molar-refractivity contribution is 5.89. The van der Waals surface area contributed by atoms with E-state index in [0.29, 0.717) is 5.92 Å². The van der Waals surface area contributed by atoms with E-state index in [-0.39, 0.29) is 6.03 Å². The Morgan fingerprint density at radius 3 is 2.55 bits per heavy atom. The van der Waals surface area contributed by atoms with Crippen molar-refractivity contribution >= 4 is 11.7 Å². The Hall–Kier alpha value is -1.77. The molecule has 3 nitrogen and oxygen atoms in total. The van der Waals surface area contributed by atoms with Crippen LogP contribution in [0.3, 0.4) is 0 Å². The van der Waals surface area contributed by atoms with Gasteiger partial charge >= 0.3 is 6.03 Å². The van der Waals surface area contributed by atoms with E-state index < -0.39 is 0 Å². The molecule has 1 aliphatic rings. The minimum atomic E-state index is -0.168. The molecule has 0 atom stereocenters. The number of rotatable bonds is 6. The van der Waals surface area contributed by atoms with Crippen LogP contribution < -0.4 is 10.6 Å². The number of allylic oxidation sites excluding steroid dienone is 1. The monoisotopic (exact) mass is 300 g/mol. The highest BCUT2D eigenvalue weighted by Crippen LogP contribution is 2.30. The van der Waals surface area contributed by atoms with Gasteiger partial charge in [-0.05, 0) is 56.2 Å². The van der Waals surface area contributed by atoms with E-state index in [1.807, 2.05) is 18.3 Å². The van der Waals surface area contributed by atoms with Crippen molar-refractivity contribution in [2.24, 2.45) is 5.92 Å². The molecule has 2 rings (SSSR count). The second kappa shape index (κ2) is 8.62. The number of unbranched alkanes of at least 4 members (excludes halogenated alkanes) is 1. The van der Waals surface area contributed by atoms with E-state index in [1.54, 1.807) is 0 Å². The summed E-state index contributed by atoms with van der Waals surface area (Å²) in [5, 5.41) is 5.72. The number of benzene rings is 1. The number of aryl methyl sites for hydroxylation is 1. The van der Waals surface area contributed by atoms with Crippen molar-refractivity contribution in [1.29, 1.82) is 0 Å². The van der Waals surface area contributed by atoms with Crippen LogP contribution in [0.1, 0.15) is 57.9 Å². The van der Waals surface area contributed by atoms with Crippen molar-refractivity contribution in [2.75, 3.05) is 5.32 Å². The molecule has 120 valence electrons. The zero-order chi connectivity index (χ0) is 15.8. The molecule has 0 aromatic heterocycles. The van der Waals surface area contributed by atoms with Gasteiger partial charge in [-0.15, -0.1) is 0 Å². The largest absolute Gasteiger partial charge is 0.323 e. The van der Waals surface area contributed by atoms with E-state index in [4.69, 9.17) is 0 Å². The van der Waals surface area contributed by atoms with Crippen molar-refractivity contribution in [2.45, 2.75) is 58.8 Å². The highest BCUT2D eigenvalue weighted by atomic mass is 16.2. The molecule has 0 saturated heterocycles. The van der Waals surface area contributed by atoms with Crippen LogP contribution >= 0.6 is 0 Å². The molecule has 0 spiro atoms. The lowest BCUT2D eigenvalue weighted by molar-refractivity contribution is 0.255. The second-order valence-electron chi connectivity index (χ2n) is 6.27. The van der Waals surface area contributed by atoms with Gasteiger partial charge in [0.05, 0.1) is 0 Å². The molecule has 0 radical (unpaired) electrons. The van der Waals surface area contributed by atoms with Gasteiger partial charge in [-0.3, -0.25) is 0 Å². The summed E-state index contributed by atoms with van der Waals surface area (Å²) in [6.45, 7) is 4.31. The van der Waals surface area contributed by atoms with Crippen molar-refractivity contribution < 1.29 is 4.79 Å². The number of anilines is 1. The first kappa shape index (κ1) is 16.6. The molecule has 2 amide bonds. The summed E-state index contributed by atoms with van der Waals surface area (Å²) in [4.78, 5) is 11.9. The van der Waals surface area contributed by atoms with Gasteiger partial charge in [0, 0.05) is 11.9 Å². The smallest absolute Gasteiger partial charge is 0.314 e. The van der Waals surface area contributed by atoms with E-state index in [9.17, 15) is 4.79 Å². The van der Waals surface area contributed by atoms with E-state index in [1.165, 1.54) is 49.7 Å². The third-order valence-electron chi connectivity index (χ3n) is 4.46. The number of nitrogens with one attached hydrogen (secondary N) is 2. The first-order valence-electron chi connectivity index (χ1n) is 8.52. The Balaban J connectivity index is 1.79. The number of hydrogen-bond donors (Lipinski definition) is 2. The second-order valence-corrected chi connectivity index (χ2v) is 6.27. The fraction of sp³-hybridized carbons (Fsp3) is 0.526. The first-order valence-corrected chi connectivity index (χ1v) is 8.52. The third-order valence-corrected chi connectivity index (χ3v) is 4.46. The number of hydrogen-bond acceptors (Lipinski definition) is 1. The Bertz CT molecular complexity index is 499. The number of urea groups is 1. The zero-order valence-corrected chi connectivity index (χ0v) is 13.8. The molecular formula is C19H28N2O. The first-order chi connectivity index (χ1) is 10.7. The van der Waals surface area contributed by atoms with Crippen LogP contribution in [0.15, 0.2) is 36.0 Å². The molecule has 0 aliphatic heterocycles. The molecule has 22 heavy (non-hydrogen) atoms. The summed E-state index contributed by atoms with van der Waals surface area (Å²) in [5.41, 5.74) is 3.44. The van der Waals surface area contributed by atoms with Gasteiger partial charge in [-0.2, -0.15) is 0 Å². The fourth-order valence-electron chi connectivity index (χ4n) is 2.98. The van der Waals surface area contributed by atoms with Crippen molar-refractivity contribution in [3.8, 4) is 0 Å². The Kier molecular flexibility index (Phi) is 6.50. The number of carbonyl (C=O) groups excluding carboxylic acids is 1. The normalized spacial score (nSPS) is 15.8. The summed E-state index contributed by atoms with van der Waals surface area (Å²) in [6, 6.07) is 7.95. The average molecular weight is 300 g/mol. The molecular weight excluding hydrogens is 272 g/mol. The van der Waals surface area contributed by atoms with Gasteiger partial charge in [-0.25, -0.2) is 4.79 Å². The predicted octanol–water partition coefficient (Wildman–Crippen LogP) is 5.24. The van der Waals surface area contributed by atoms with Gasteiger partial charge in [-0.1, -0.05) is 43.9 Å². The molecule has 1 aliphatic carbocycles. The van der Waals surface area contributed by atoms with Gasteiger partial charge in [0.2, 0.25) is 0 Å². The summed E-state index contributed by atoms with van der Waals surface area (Å²) >= 11 is 0. The average Bonchev–Trinajstić information content (AvgIpc) is 3.06. The fourth-order valence-corrected chi connectivity index (χ4v) is 2.98. The molecule has 0 unspecified atom stereocenters. The van der Waals surface area contributed by atoms with Crippen LogP contribution in [0, 0.1) is 5.92 Å². The maximum atomic E-state index is 11.9. The predicted molar refractivity (Wildman–Crippen MR) is 92.9 cm³/mol. The minimum absolute atomic E-state index is 0.168. The minimum Gasteiger partial charge on any atom is -0.314 e. The Morgan fingerprint density at radius 1 is 1.23 bits per heavy atom. The molecule has 1 saturated carbocycles. The van der Waals surface area contributed by atoms with Crippen molar-refractivity contribution in [3.63, 3.8) is 0 Å². The summed E-state index contributed by atoms with van der Waals surface area (Å²) in [5.74, 6) is 0.651. The molecule has 1 aromatic rings. The van der Waals surface area contributed by atoms with Crippen LogP contribution in [0.4, 0.5) is 10.5 Å². The lowest BCUT2D eigenvalue weighted by atomic mass is 10.0. The van der Waals surface area contributed by atoms with Gasteiger partial charge in [0.15, 0.2) is 0 Å². The molecule has 0 heterocycles. The van der Waals surface area contributed by atoms with E-state index >= 15 is 0 Å². The quantitative estimate of drug-likeness (QED) is 0.740. The van der Waals surface area contributed by atoms with E-state index in [0.717, 1.165) is 12.1 Å². The maximum Gasteiger partial charge on any atom is 0.323 e.